The second kappa shape index (κ2) is 6.49. The van der Waals surface area contributed by atoms with Crippen LogP contribution in [0.4, 0.5) is 0 Å². The summed E-state index contributed by atoms with van der Waals surface area (Å²) in [5, 5.41) is 6.80. The van der Waals surface area contributed by atoms with Crippen LogP contribution >= 0.6 is 0 Å². The number of hydrogen-bond donors (Lipinski definition) is 1. The lowest BCUT2D eigenvalue weighted by molar-refractivity contribution is 0.0998. The molecule has 0 aliphatic carbocycles. The molecule has 0 saturated heterocycles. The third-order valence-electron chi connectivity index (χ3n) is 1.40. The van der Waals surface area contributed by atoms with Crippen LogP contribution < -0.4 is 0 Å². The summed E-state index contributed by atoms with van der Waals surface area (Å²) in [6, 6.07) is 0. The third kappa shape index (κ3) is 4.27. The van der Waals surface area contributed by atoms with Gasteiger partial charge < -0.3 is 10.1 Å². The fourth-order valence-electron chi connectivity index (χ4n) is 0.787. The molecule has 0 amide bonds. The minimum absolute atomic E-state index is 0.249. The van der Waals surface area contributed by atoms with E-state index in [-0.39, 0.29) is 6.10 Å². The summed E-state index contributed by atoms with van der Waals surface area (Å²) >= 11 is 0. The third-order valence-corrected chi connectivity index (χ3v) is 1.40. The molecule has 0 spiro atoms. The van der Waals surface area contributed by atoms with E-state index in [1.54, 1.807) is 7.11 Å². The van der Waals surface area contributed by atoms with Gasteiger partial charge in [-0.2, -0.15) is 0 Å². The second-order valence-corrected chi connectivity index (χ2v) is 2.16. The zero-order chi connectivity index (χ0) is 7.82. The molecule has 2 heteroatoms. The standard InChI is InChI=1S/C8H15NO/c1-3-5-8(10-2)6-4-7-9/h3,7-9H,1,4-6H2,2H3. The highest BCUT2D eigenvalue weighted by molar-refractivity contribution is 5.52. The fraction of sp³-hybridized carbons (Fsp3) is 0.625. The largest absolute Gasteiger partial charge is 0.381 e. The van der Waals surface area contributed by atoms with Gasteiger partial charge in [0.1, 0.15) is 0 Å². The maximum absolute atomic E-state index is 6.80. The Morgan fingerprint density at radius 1 is 1.70 bits per heavy atom. The van der Waals surface area contributed by atoms with Gasteiger partial charge in [0, 0.05) is 7.11 Å². The van der Waals surface area contributed by atoms with E-state index in [1.807, 2.05) is 6.08 Å². The second-order valence-electron chi connectivity index (χ2n) is 2.16. The predicted molar refractivity (Wildman–Crippen MR) is 43.6 cm³/mol. The Hall–Kier alpha value is -0.630. The minimum atomic E-state index is 0.249. The zero-order valence-corrected chi connectivity index (χ0v) is 6.47. The van der Waals surface area contributed by atoms with Crippen molar-refractivity contribution in [2.24, 2.45) is 0 Å². The van der Waals surface area contributed by atoms with Gasteiger partial charge in [-0.25, -0.2) is 0 Å². The molecular weight excluding hydrogens is 126 g/mol. The first kappa shape index (κ1) is 9.37. The molecule has 10 heavy (non-hydrogen) atoms. The molecule has 1 unspecified atom stereocenters. The topological polar surface area (TPSA) is 33.1 Å². The predicted octanol–water partition coefficient (Wildman–Crippen LogP) is 2.01. The van der Waals surface area contributed by atoms with Crippen molar-refractivity contribution >= 4 is 6.21 Å². The van der Waals surface area contributed by atoms with Gasteiger partial charge in [-0.05, 0) is 25.5 Å². The van der Waals surface area contributed by atoms with E-state index >= 15 is 0 Å². The molecule has 0 aliphatic rings. The zero-order valence-electron chi connectivity index (χ0n) is 6.47. The van der Waals surface area contributed by atoms with Gasteiger partial charge in [-0.15, -0.1) is 6.58 Å². The maximum atomic E-state index is 6.80. The monoisotopic (exact) mass is 141 g/mol. The highest BCUT2D eigenvalue weighted by atomic mass is 16.5. The molecule has 0 heterocycles. The molecule has 0 fully saturated rings. The number of hydrogen-bond acceptors (Lipinski definition) is 2. The van der Waals surface area contributed by atoms with Crippen LogP contribution in [0.25, 0.3) is 0 Å². The minimum Gasteiger partial charge on any atom is -0.381 e. The van der Waals surface area contributed by atoms with Crippen LogP contribution in [0.15, 0.2) is 12.7 Å². The Morgan fingerprint density at radius 3 is 2.80 bits per heavy atom. The Balaban J connectivity index is 3.38. The number of methoxy groups -OCH3 is 1. The summed E-state index contributed by atoms with van der Waals surface area (Å²) < 4.78 is 5.12. The summed E-state index contributed by atoms with van der Waals surface area (Å²) in [6.07, 6.45) is 6.11. The molecule has 0 bridgehead atoms. The van der Waals surface area contributed by atoms with E-state index < -0.39 is 0 Å². The van der Waals surface area contributed by atoms with Gasteiger partial charge in [-0.1, -0.05) is 6.08 Å². The first-order chi connectivity index (χ1) is 4.85. The molecular formula is C8H15NO. The van der Waals surface area contributed by atoms with Crippen molar-refractivity contribution in [2.75, 3.05) is 7.11 Å². The van der Waals surface area contributed by atoms with Crippen molar-refractivity contribution in [3.8, 4) is 0 Å². The molecule has 1 N–H and O–H groups in total. The normalized spacial score (nSPS) is 12.5. The van der Waals surface area contributed by atoms with E-state index in [1.165, 1.54) is 6.21 Å². The lowest BCUT2D eigenvalue weighted by atomic mass is 10.1. The molecule has 0 aromatic carbocycles. The van der Waals surface area contributed by atoms with Crippen LogP contribution in [-0.2, 0) is 4.74 Å². The van der Waals surface area contributed by atoms with Gasteiger partial charge in [-0.3, -0.25) is 0 Å². The average Bonchev–Trinajstić information content (AvgIpc) is 1.98. The van der Waals surface area contributed by atoms with Crippen LogP contribution in [0.1, 0.15) is 19.3 Å². The van der Waals surface area contributed by atoms with Crippen molar-refractivity contribution in [3.05, 3.63) is 12.7 Å². The SMILES string of the molecule is C=CCC(CCC=N)OC. The summed E-state index contributed by atoms with van der Waals surface area (Å²) in [7, 11) is 1.69. The smallest absolute Gasteiger partial charge is 0.0609 e. The van der Waals surface area contributed by atoms with E-state index in [9.17, 15) is 0 Å². The summed E-state index contributed by atoms with van der Waals surface area (Å²) in [5.74, 6) is 0. The Kier molecular flexibility index (Phi) is 6.08. The molecule has 1 atom stereocenters. The summed E-state index contributed by atoms with van der Waals surface area (Å²) in [4.78, 5) is 0. The molecule has 58 valence electrons. The van der Waals surface area contributed by atoms with Gasteiger partial charge >= 0.3 is 0 Å². The first-order valence-corrected chi connectivity index (χ1v) is 3.47. The highest BCUT2D eigenvalue weighted by Crippen LogP contribution is 2.04. The van der Waals surface area contributed by atoms with Crippen LogP contribution in [0, 0.1) is 5.41 Å². The molecule has 0 saturated carbocycles. The van der Waals surface area contributed by atoms with E-state index in [2.05, 4.69) is 6.58 Å². The fourth-order valence-corrected chi connectivity index (χ4v) is 0.787. The van der Waals surface area contributed by atoms with Crippen LogP contribution in [0.2, 0.25) is 0 Å². The van der Waals surface area contributed by atoms with Crippen molar-refractivity contribution in [1.29, 1.82) is 5.41 Å². The quantitative estimate of drug-likeness (QED) is 0.445. The van der Waals surface area contributed by atoms with E-state index in [4.69, 9.17) is 10.1 Å². The molecule has 0 radical (unpaired) electrons. The average molecular weight is 141 g/mol. The van der Waals surface area contributed by atoms with Gasteiger partial charge in [0.15, 0.2) is 0 Å². The van der Waals surface area contributed by atoms with Crippen molar-refractivity contribution in [1.82, 2.24) is 0 Å². The van der Waals surface area contributed by atoms with Crippen molar-refractivity contribution in [3.63, 3.8) is 0 Å². The number of ether oxygens (including phenoxy) is 1. The molecule has 2 nitrogen and oxygen atoms in total. The molecule has 0 rings (SSSR count). The Labute approximate surface area is 62.4 Å². The molecule has 0 aromatic heterocycles. The van der Waals surface area contributed by atoms with Gasteiger partial charge in [0.2, 0.25) is 0 Å². The van der Waals surface area contributed by atoms with Crippen molar-refractivity contribution < 1.29 is 4.74 Å². The van der Waals surface area contributed by atoms with E-state index in [0.717, 1.165) is 19.3 Å². The van der Waals surface area contributed by atoms with Gasteiger partial charge in [0.05, 0.1) is 6.10 Å². The maximum Gasteiger partial charge on any atom is 0.0609 e. The highest BCUT2D eigenvalue weighted by Gasteiger charge is 2.01. The summed E-state index contributed by atoms with van der Waals surface area (Å²) in [5.41, 5.74) is 0. The van der Waals surface area contributed by atoms with Crippen LogP contribution in [0.5, 0.6) is 0 Å². The molecule has 0 aromatic rings. The lowest BCUT2D eigenvalue weighted by Crippen LogP contribution is -2.08. The summed E-state index contributed by atoms with van der Waals surface area (Å²) in [6.45, 7) is 3.62. The Bertz CT molecular complexity index is 101. The number of nitrogens with one attached hydrogen (secondary N) is 1. The molecule has 0 aliphatic heterocycles. The van der Waals surface area contributed by atoms with Crippen LogP contribution in [-0.4, -0.2) is 19.4 Å². The van der Waals surface area contributed by atoms with E-state index in [0.29, 0.717) is 0 Å². The van der Waals surface area contributed by atoms with Crippen LogP contribution in [0.3, 0.4) is 0 Å². The van der Waals surface area contributed by atoms with Gasteiger partial charge in [0.25, 0.3) is 0 Å². The van der Waals surface area contributed by atoms with Crippen molar-refractivity contribution in [2.45, 2.75) is 25.4 Å². The number of rotatable bonds is 6. The first-order valence-electron chi connectivity index (χ1n) is 3.47. The Morgan fingerprint density at radius 2 is 2.40 bits per heavy atom. The lowest BCUT2D eigenvalue weighted by Gasteiger charge is -2.10.